The third kappa shape index (κ3) is 4.16. The summed E-state index contributed by atoms with van der Waals surface area (Å²) in [7, 11) is 0. The molecule has 0 radical (unpaired) electrons. The van der Waals surface area contributed by atoms with Gasteiger partial charge >= 0.3 is 0 Å². The quantitative estimate of drug-likeness (QED) is 0.637. The number of anilines is 1. The maximum absolute atomic E-state index is 12.6. The van der Waals surface area contributed by atoms with Crippen LogP contribution in [-0.2, 0) is 11.2 Å². The zero-order valence-corrected chi connectivity index (χ0v) is 16.9. The number of fused-ring (bicyclic) bond motifs is 1. The van der Waals surface area contributed by atoms with E-state index in [1.165, 1.54) is 0 Å². The van der Waals surface area contributed by atoms with Gasteiger partial charge in [-0.15, -0.1) is 10.2 Å². The number of piperazine rings is 1. The minimum absolute atomic E-state index is 0.0143. The molecule has 2 aromatic heterocycles. The molecule has 0 N–H and O–H groups in total. The molecule has 152 valence electrons. The smallest absolute Gasteiger partial charge is 0.260 e. The molecule has 0 aliphatic carbocycles. The molecule has 3 aromatic rings. The van der Waals surface area contributed by atoms with Gasteiger partial charge in [0.2, 0.25) is 0 Å². The van der Waals surface area contributed by atoms with Crippen molar-refractivity contribution < 1.29 is 9.53 Å². The summed E-state index contributed by atoms with van der Waals surface area (Å²) in [5.41, 5.74) is 2.19. The number of hydrogen-bond acceptors (Lipinski definition) is 6. The van der Waals surface area contributed by atoms with E-state index in [2.05, 4.69) is 33.1 Å². The van der Waals surface area contributed by atoms with Gasteiger partial charge < -0.3 is 14.5 Å². The highest BCUT2D eigenvalue weighted by molar-refractivity contribution is 5.78. The summed E-state index contributed by atoms with van der Waals surface area (Å²) in [6.07, 6.45) is 3.70. The van der Waals surface area contributed by atoms with Crippen LogP contribution in [0, 0.1) is 6.92 Å². The Morgan fingerprint density at radius 1 is 1.17 bits per heavy atom. The van der Waals surface area contributed by atoms with Crippen molar-refractivity contribution in [1.82, 2.24) is 24.5 Å². The molecule has 8 nitrogen and oxygen atoms in total. The van der Waals surface area contributed by atoms with Gasteiger partial charge in [0.05, 0.1) is 0 Å². The van der Waals surface area contributed by atoms with E-state index in [1.807, 2.05) is 40.5 Å². The minimum atomic E-state index is 0.0143. The van der Waals surface area contributed by atoms with Crippen molar-refractivity contribution in [3.05, 3.63) is 47.9 Å². The number of amides is 1. The van der Waals surface area contributed by atoms with Gasteiger partial charge in [-0.3, -0.25) is 9.20 Å². The number of aromatic nitrogens is 4. The number of rotatable bonds is 6. The van der Waals surface area contributed by atoms with Crippen molar-refractivity contribution in [3.8, 4) is 5.75 Å². The molecule has 0 saturated carbocycles. The molecule has 1 aliphatic heterocycles. The van der Waals surface area contributed by atoms with Crippen LogP contribution >= 0.6 is 0 Å². The summed E-state index contributed by atoms with van der Waals surface area (Å²) in [6.45, 7) is 6.97. The SMILES string of the molecule is CCCc1cc(N2CCN(C(=O)COc3ccccc3C)CC2)nc2nncn12. The number of para-hydroxylation sites is 1. The van der Waals surface area contributed by atoms with Crippen LogP contribution in [0.1, 0.15) is 24.6 Å². The van der Waals surface area contributed by atoms with Crippen LogP contribution in [0.15, 0.2) is 36.7 Å². The van der Waals surface area contributed by atoms with Gasteiger partial charge in [0.15, 0.2) is 6.61 Å². The highest BCUT2D eigenvalue weighted by Gasteiger charge is 2.23. The number of carbonyl (C=O) groups excluding carboxylic acids is 1. The lowest BCUT2D eigenvalue weighted by Gasteiger charge is -2.35. The van der Waals surface area contributed by atoms with Crippen molar-refractivity contribution in [2.24, 2.45) is 0 Å². The second-order valence-corrected chi connectivity index (χ2v) is 7.28. The third-order valence-electron chi connectivity index (χ3n) is 5.26. The fourth-order valence-corrected chi connectivity index (χ4v) is 3.61. The highest BCUT2D eigenvalue weighted by Crippen LogP contribution is 2.19. The van der Waals surface area contributed by atoms with Gasteiger partial charge in [-0.2, -0.15) is 4.98 Å². The molecule has 1 saturated heterocycles. The summed E-state index contributed by atoms with van der Waals surface area (Å²) in [6, 6.07) is 9.85. The van der Waals surface area contributed by atoms with E-state index in [0.29, 0.717) is 18.9 Å². The molecule has 0 unspecified atom stereocenters. The number of carbonyl (C=O) groups is 1. The van der Waals surface area contributed by atoms with E-state index in [0.717, 1.165) is 48.8 Å². The number of hydrogen-bond donors (Lipinski definition) is 0. The van der Waals surface area contributed by atoms with Crippen LogP contribution in [0.2, 0.25) is 0 Å². The Morgan fingerprint density at radius 3 is 2.72 bits per heavy atom. The Labute approximate surface area is 170 Å². The molecule has 8 heteroatoms. The summed E-state index contributed by atoms with van der Waals surface area (Å²) >= 11 is 0. The van der Waals surface area contributed by atoms with Crippen LogP contribution in [-0.4, -0.2) is 63.2 Å². The third-order valence-corrected chi connectivity index (χ3v) is 5.26. The first kappa shape index (κ1) is 19.2. The molecule has 3 heterocycles. The molecule has 29 heavy (non-hydrogen) atoms. The van der Waals surface area contributed by atoms with E-state index in [1.54, 1.807) is 6.33 Å². The van der Waals surface area contributed by atoms with Crippen LogP contribution in [0.3, 0.4) is 0 Å². The number of benzene rings is 1. The van der Waals surface area contributed by atoms with Gasteiger partial charge in [-0.1, -0.05) is 31.5 Å². The van der Waals surface area contributed by atoms with Crippen molar-refractivity contribution >= 4 is 17.5 Å². The molecule has 0 spiro atoms. The van der Waals surface area contributed by atoms with Crippen LogP contribution in [0.5, 0.6) is 5.75 Å². The molecule has 1 fully saturated rings. The van der Waals surface area contributed by atoms with Crippen molar-refractivity contribution in [2.75, 3.05) is 37.7 Å². The van der Waals surface area contributed by atoms with Gasteiger partial charge in [-0.25, -0.2) is 0 Å². The van der Waals surface area contributed by atoms with Gasteiger partial charge in [0, 0.05) is 37.9 Å². The van der Waals surface area contributed by atoms with E-state index in [-0.39, 0.29) is 12.5 Å². The monoisotopic (exact) mass is 394 g/mol. The number of ether oxygens (including phenoxy) is 1. The lowest BCUT2D eigenvalue weighted by molar-refractivity contribution is -0.133. The van der Waals surface area contributed by atoms with E-state index < -0.39 is 0 Å². The van der Waals surface area contributed by atoms with Gasteiger partial charge in [0.1, 0.15) is 17.9 Å². The van der Waals surface area contributed by atoms with E-state index in [4.69, 9.17) is 4.74 Å². The summed E-state index contributed by atoms with van der Waals surface area (Å²) < 4.78 is 7.65. The summed E-state index contributed by atoms with van der Waals surface area (Å²) in [5.74, 6) is 2.29. The highest BCUT2D eigenvalue weighted by atomic mass is 16.5. The molecule has 1 aromatic carbocycles. The molecule has 0 bridgehead atoms. The van der Waals surface area contributed by atoms with Crippen LogP contribution in [0.4, 0.5) is 5.82 Å². The normalized spacial score (nSPS) is 14.4. The average Bonchev–Trinajstić information content (AvgIpc) is 3.22. The van der Waals surface area contributed by atoms with Crippen molar-refractivity contribution in [2.45, 2.75) is 26.7 Å². The van der Waals surface area contributed by atoms with Crippen LogP contribution in [0.25, 0.3) is 5.78 Å². The Balaban J connectivity index is 1.37. The molecule has 1 aliphatic rings. The second kappa shape index (κ2) is 8.46. The first-order valence-corrected chi connectivity index (χ1v) is 10.1. The summed E-state index contributed by atoms with van der Waals surface area (Å²) in [4.78, 5) is 21.3. The standard InChI is InChI=1S/C21H26N6O2/c1-3-6-17-13-19(23-21-24-22-15-27(17)21)25-9-11-26(12-10-25)20(28)14-29-18-8-5-4-7-16(18)2/h4-5,7-8,13,15H,3,6,9-12,14H2,1-2H3. The molecule has 0 atom stereocenters. The fraction of sp³-hybridized carbons (Fsp3) is 0.429. The number of nitrogens with zero attached hydrogens (tertiary/aromatic N) is 6. The Hall–Kier alpha value is -3.16. The second-order valence-electron chi connectivity index (χ2n) is 7.28. The van der Waals surface area contributed by atoms with E-state index in [9.17, 15) is 4.79 Å². The lowest BCUT2D eigenvalue weighted by Crippen LogP contribution is -2.50. The largest absolute Gasteiger partial charge is 0.484 e. The maximum Gasteiger partial charge on any atom is 0.260 e. The summed E-state index contributed by atoms with van der Waals surface area (Å²) in [5, 5.41) is 8.10. The van der Waals surface area contributed by atoms with E-state index >= 15 is 0 Å². The lowest BCUT2D eigenvalue weighted by atomic mass is 10.2. The average molecular weight is 394 g/mol. The first-order valence-electron chi connectivity index (χ1n) is 10.1. The van der Waals surface area contributed by atoms with Gasteiger partial charge in [0.25, 0.3) is 11.7 Å². The molecular weight excluding hydrogens is 368 g/mol. The predicted molar refractivity (Wildman–Crippen MR) is 110 cm³/mol. The molecule has 1 amide bonds. The Bertz CT molecular complexity index is 994. The predicted octanol–water partition coefficient (Wildman–Crippen LogP) is 2.11. The zero-order chi connectivity index (χ0) is 20.2. The van der Waals surface area contributed by atoms with Crippen molar-refractivity contribution in [3.63, 3.8) is 0 Å². The minimum Gasteiger partial charge on any atom is -0.484 e. The van der Waals surface area contributed by atoms with Crippen LogP contribution < -0.4 is 9.64 Å². The number of aryl methyl sites for hydroxylation is 2. The molecule has 4 rings (SSSR count). The topological polar surface area (TPSA) is 75.9 Å². The van der Waals surface area contributed by atoms with Crippen molar-refractivity contribution in [1.29, 1.82) is 0 Å². The maximum atomic E-state index is 12.6. The molecular formula is C21H26N6O2. The first-order chi connectivity index (χ1) is 14.2. The fourth-order valence-electron chi connectivity index (χ4n) is 3.61. The Morgan fingerprint density at radius 2 is 1.97 bits per heavy atom. The van der Waals surface area contributed by atoms with Gasteiger partial charge in [-0.05, 0) is 25.0 Å². The zero-order valence-electron chi connectivity index (χ0n) is 16.9. The Kier molecular flexibility index (Phi) is 5.59.